The summed E-state index contributed by atoms with van der Waals surface area (Å²) >= 11 is 6.44. The molecule has 0 aliphatic rings. The van der Waals surface area contributed by atoms with Crippen LogP contribution >= 0.6 is 11.6 Å². The highest BCUT2D eigenvalue weighted by molar-refractivity contribution is 6.31. The van der Waals surface area contributed by atoms with Crippen molar-refractivity contribution in [3.05, 3.63) is 89.4 Å². The van der Waals surface area contributed by atoms with Crippen LogP contribution in [0.15, 0.2) is 67.3 Å². The molecule has 4 rings (SSSR count). The first-order chi connectivity index (χ1) is 12.7. The fourth-order valence-electron chi connectivity index (χ4n) is 3.16. The molecular formula is C20H20ClN5. The normalized spacial score (nSPS) is 12.5. The lowest BCUT2D eigenvalue weighted by atomic mass is 10.1. The third-order valence-electron chi connectivity index (χ3n) is 4.48. The zero-order valence-corrected chi connectivity index (χ0v) is 15.3. The van der Waals surface area contributed by atoms with E-state index in [9.17, 15) is 0 Å². The Morgan fingerprint density at radius 2 is 1.96 bits per heavy atom. The van der Waals surface area contributed by atoms with Crippen molar-refractivity contribution in [3.8, 4) is 0 Å². The second-order valence-electron chi connectivity index (χ2n) is 6.25. The summed E-state index contributed by atoms with van der Waals surface area (Å²) in [5.74, 6) is 0.938. The van der Waals surface area contributed by atoms with Gasteiger partial charge in [0.2, 0.25) is 0 Å². The van der Waals surface area contributed by atoms with Crippen molar-refractivity contribution in [2.45, 2.75) is 12.5 Å². The molecule has 0 amide bonds. The van der Waals surface area contributed by atoms with Crippen LogP contribution in [0.4, 0.5) is 0 Å². The molecule has 1 N–H and O–H groups in total. The van der Waals surface area contributed by atoms with Crippen molar-refractivity contribution in [2.24, 2.45) is 7.05 Å². The van der Waals surface area contributed by atoms with Crippen LogP contribution in [0.25, 0.3) is 5.65 Å². The summed E-state index contributed by atoms with van der Waals surface area (Å²) in [6, 6.07) is 13.8. The SMILES string of the molecule is Cn1ccnc1[C@@H](NCCc1cn2ccccc2n1)c1ccccc1Cl. The van der Waals surface area contributed by atoms with E-state index in [1.165, 1.54) is 0 Å². The largest absolute Gasteiger partial charge is 0.336 e. The molecule has 0 bridgehead atoms. The maximum absolute atomic E-state index is 6.44. The van der Waals surface area contributed by atoms with Gasteiger partial charge in [0, 0.05) is 49.8 Å². The molecular weight excluding hydrogens is 346 g/mol. The van der Waals surface area contributed by atoms with Crippen LogP contribution < -0.4 is 5.32 Å². The summed E-state index contributed by atoms with van der Waals surface area (Å²) in [6.07, 6.45) is 8.67. The smallest absolute Gasteiger partial charge is 0.136 e. The number of aryl methyl sites for hydroxylation is 1. The van der Waals surface area contributed by atoms with Crippen molar-refractivity contribution in [2.75, 3.05) is 6.54 Å². The van der Waals surface area contributed by atoms with Crippen molar-refractivity contribution in [3.63, 3.8) is 0 Å². The molecule has 6 heteroatoms. The van der Waals surface area contributed by atoms with Gasteiger partial charge in [-0.25, -0.2) is 9.97 Å². The highest BCUT2D eigenvalue weighted by Crippen LogP contribution is 2.27. The van der Waals surface area contributed by atoms with Gasteiger partial charge in [-0.05, 0) is 23.8 Å². The van der Waals surface area contributed by atoms with Crippen molar-refractivity contribution in [1.82, 2.24) is 24.3 Å². The molecule has 0 aliphatic carbocycles. The average molecular weight is 366 g/mol. The number of rotatable bonds is 6. The minimum atomic E-state index is -0.0688. The first-order valence-electron chi connectivity index (χ1n) is 8.60. The predicted octanol–water partition coefficient (Wildman–Crippen LogP) is 3.64. The zero-order valence-electron chi connectivity index (χ0n) is 14.5. The molecule has 3 heterocycles. The number of imidazole rings is 2. The van der Waals surface area contributed by atoms with E-state index in [1.54, 1.807) is 0 Å². The van der Waals surface area contributed by atoms with Crippen LogP contribution in [-0.4, -0.2) is 25.5 Å². The summed E-state index contributed by atoms with van der Waals surface area (Å²) in [6.45, 7) is 0.770. The van der Waals surface area contributed by atoms with Gasteiger partial charge >= 0.3 is 0 Å². The average Bonchev–Trinajstić information content (AvgIpc) is 3.25. The molecule has 1 aromatic carbocycles. The number of benzene rings is 1. The monoisotopic (exact) mass is 365 g/mol. The Bertz CT molecular complexity index is 987. The van der Waals surface area contributed by atoms with Gasteiger partial charge in [0.05, 0.1) is 11.7 Å². The van der Waals surface area contributed by atoms with E-state index in [2.05, 4.69) is 21.5 Å². The van der Waals surface area contributed by atoms with Crippen molar-refractivity contribution < 1.29 is 0 Å². The van der Waals surface area contributed by atoms with Crippen LogP contribution in [0.2, 0.25) is 5.02 Å². The predicted molar refractivity (Wildman–Crippen MR) is 103 cm³/mol. The number of nitrogens with zero attached hydrogens (tertiary/aromatic N) is 4. The molecule has 132 valence electrons. The van der Waals surface area contributed by atoms with Gasteiger partial charge in [-0.1, -0.05) is 35.9 Å². The van der Waals surface area contributed by atoms with Gasteiger partial charge in [-0.15, -0.1) is 0 Å². The minimum Gasteiger partial charge on any atom is -0.336 e. The summed E-state index contributed by atoms with van der Waals surface area (Å²) in [5.41, 5.74) is 3.05. The number of nitrogens with one attached hydrogen (secondary N) is 1. The van der Waals surface area contributed by atoms with Crippen LogP contribution in [0.3, 0.4) is 0 Å². The van der Waals surface area contributed by atoms with E-state index < -0.39 is 0 Å². The maximum atomic E-state index is 6.44. The van der Waals surface area contributed by atoms with E-state index in [1.807, 2.05) is 77.1 Å². The molecule has 4 aromatic rings. The number of aromatic nitrogens is 4. The highest BCUT2D eigenvalue weighted by atomic mass is 35.5. The van der Waals surface area contributed by atoms with E-state index in [0.29, 0.717) is 0 Å². The van der Waals surface area contributed by atoms with Crippen LogP contribution in [0.1, 0.15) is 23.1 Å². The van der Waals surface area contributed by atoms with Crippen molar-refractivity contribution >= 4 is 17.2 Å². The molecule has 0 radical (unpaired) electrons. The Balaban J connectivity index is 1.53. The lowest BCUT2D eigenvalue weighted by molar-refractivity contribution is 0.559. The highest BCUT2D eigenvalue weighted by Gasteiger charge is 2.20. The summed E-state index contributed by atoms with van der Waals surface area (Å²) in [4.78, 5) is 9.17. The molecule has 0 aliphatic heterocycles. The molecule has 0 unspecified atom stereocenters. The van der Waals surface area contributed by atoms with Crippen LogP contribution in [0.5, 0.6) is 0 Å². The molecule has 26 heavy (non-hydrogen) atoms. The number of pyridine rings is 1. The molecule has 5 nitrogen and oxygen atoms in total. The fourth-order valence-corrected chi connectivity index (χ4v) is 3.40. The van der Waals surface area contributed by atoms with E-state index in [4.69, 9.17) is 11.6 Å². The number of halogens is 1. The molecule has 0 saturated carbocycles. The second kappa shape index (κ2) is 7.32. The van der Waals surface area contributed by atoms with E-state index in [0.717, 1.165) is 40.7 Å². The Hall–Kier alpha value is -2.63. The van der Waals surface area contributed by atoms with Crippen LogP contribution in [0, 0.1) is 0 Å². The van der Waals surface area contributed by atoms with Gasteiger partial charge in [0.25, 0.3) is 0 Å². The number of hydrogen-bond donors (Lipinski definition) is 1. The quantitative estimate of drug-likeness (QED) is 0.567. The first-order valence-corrected chi connectivity index (χ1v) is 8.98. The lowest BCUT2D eigenvalue weighted by Gasteiger charge is -2.20. The molecule has 0 spiro atoms. The summed E-state index contributed by atoms with van der Waals surface area (Å²) in [5, 5.41) is 4.33. The van der Waals surface area contributed by atoms with Crippen molar-refractivity contribution in [1.29, 1.82) is 0 Å². The Labute approximate surface area is 157 Å². The van der Waals surface area contributed by atoms with Gasteiger partial charge in [0.1, 0.15) is 11.5 Å². The van der Waals surface area contributed by atoms with Gasteiger partial charge in [-0.2, -0.15) is 0 Å². The zero-order chi connectivity index (χ0) is 17.9. The third kappa shape index (κ3) is 3.36. The van der Waals surface area contributed by atoms with Gasteiger partial charge in [-0.3, -0.25) is 0 Å². The maximum Gasteiger partial charge on any atom is 0.136 e. The number of fused-ring (bicyclic) bond motifs is 1. The standard InChI is InChI=1S/C20H20ClN5/c1-25-13-11-23-20(25)19(16-6-2-3-7-17(16)21)22-10-9-15-14-26-12-5-4-8-18(26)24-15/h2-8,11-14,19,22H,9-10H2,1H3/t19-/m0/s1. The van der Waals surface area contributed by atoms with E-state index in [-0.39, 0.29) is 6.04 Å². The summed E-state index contributed by atoms with van der Waals surface area (Å²) < 4.78 is 4.06. The minimum absolute atomic E-state index is 0.0688. The van der Waals surface area contributed by atoms with Crippen LogP contribution in [-0.2, 0) is 13.5 Å². The molecule has 0 fully saturated rings. The lowest BCUT2D eigenvalue weighted by Crippen LogP contribution is -2.27. The Kier molecular flexibility index (Phi) is 4.73. The second-order valence-corrected chi connectivity index (χ2v) is 6.66. The van der Waals surface area contributed by atoms with Gasteiger partial charge < -0.3 is 14.3 Å². The summed E-state index contributed by atoms with van der Waals surface area (Å²) in [7, 11) is 2.00. The Morgan fingerprint density at radius 1 is 1.12 bits per heavy atom. The molecule has 0 saturated heterocycles. The number of hydrogen-bond acceptors (Lipinski definition) is 3. The molecule has 1 atom stereocenters. The fraction of sp³-hybridized carbons (Fsp3) is 0.200. The van der Waals surface area contributed by atoms with Gasteiger partial charge in [0.15, 0.2) is 0 Å². The first kappa shape index (κ1) is 16.8. The Morgan fingerprint density at radius 3 is 2.73 bits per heavy atom. The van der Waals surface area contributed by atoms with E-state index >= 15 is 0 Å². The topological polar surface area (TPSA) is 47.2 Å². The third-order valence-corrected chi connectivity index (χ3v) is 4.82. The molecule has 3 aromatic heterocycles.